The molecule has 0 radical (unpaired) electrons. The predicted octanol–water partition coefficient (Wildman–Crippen LogP) is 7.12. The Morgan fingerprint density at radius 2 is 1.87 bits per heavy atom. The number of nitriles is 1. The van der Waals surface area contributed by atoms with Gasteiger partial charge in [-0.1, -0.05) is 35.9 Å². The summed E-state index contributed by atoms with van der Waals surface area (Å²) < 4.78 is 34.3. The van der Waals surface area contributed by atoms with Crippen molar-refractivity contribution >= 4 is 23.1 Å². The quantitative estimate of drug-likeness (QED) is 0.369. The lowest BCUT2D eigenvalue weighted by Crippen LogP contribution is -2.39. The van der Waals surface area contributed by atoms with Crippen LogP contribution in [-0.2, 0) is 11.4 Å². The van der Waals surface area contributed by atoms with Gasteiger partial charge in [-0.25, -0.2) is 8.78 Å². The fourth-order valence-electron chi connectivity index (χ4n) is 5.44. The largest absolute Gasteiger partial charge is 0.487 e. The first-order valence-electron chi connectivity index (χ1n) is 12.6. The van der Waals surface area contributed by atoms with Gasteiger partial charge in [-0.3, -0.25) is 9.69 Å². The summed E-state index contributed by atoms with van der Waals surface area (Å²) in [5.41, 5.74) is 11.5. The Kier molecular flexibility index (Phi) is 7.16. The van der Waals surface area contributed by atoms with E-state index in [1.165, 1.54) is 29.2 Å². The van der Waals surface area contributed by atoms with E-state index < -0.39 is 17.6 Å². The van der Waals surface area contributed by atoms with Crippen molar-refractivity contribution in [1.82, 2.24) is 0 Å². The highest BCUT2D eigenvalue weighted by Crippen LogP contribution is 2.47. The van der Waals surface area contributed by atoms with Gasteiger partial charge >= 0.3 is 0 Å². The summed E-state index contributed by atoms with van der Waals surface area (Å²) in [7, 11) is 0. The number of hydrogen-bond acceptors (Lipinski definition) is 5. The second kappa shape index (κ2) is 10.5. The van der Waals surface area contributed by atoms with Crippen LogP contribution in [0.5, 0.6) is 5.75 Å². The zero-order valence-electron chi connectivity index (χ0n) is 21.5. The number of nitrogens with zero attached hydrogens (tertiary/aromatic N) is 2. The van der Waals surface area contributed by atoms with Gasteiger partial charge in [0.15, 0.2) is 5.78 Å². The summed E-state index contributed by atoms with van der Waals surface area (Å²) in [4.78, 5) is 15.0. The second-order valence-electron chi connectivity index (χ2n) is 9.77. The monoisotopic (exact) mass is 545 g/mol. The summed E-state index contributed by atoms with van der Waals surface area (Å²) >= 11 is 6.14. The molecule has 0 saturated heterocycles. The Morgan fingerprint density at radius 3 is 2.59 bits per heavy atom. The molecule has 1 atom stereocenters. The maximum atomic E-state index is 14.9. The highest BCUT2D eigenvalue weighted by atomic mass is 35.5. The van der Waals surface area contributed by atoms with Crippen molar-refractivity contribution in [3.05, 3.63) is 116 Å². The smallest absolute Gasteiger partial charge is 0.161 e. The van der Waals surface area contributed by atoms with Crippen LogP contribution in [0.4, 0.5) is 14.5 Å². The van der Waals surface area contributed by atoms with Crippen LogP contribution in [0.15, 0.2) is 77.3 Å². The number of rotatable bonds is 5. The number of ether oxygens (including phenoxy) is 1. The maximum absolute atomic E-state index is 14.9. The molecule has 5 nitrogen and oxygen atoms in total. The molecule has 5 rings (SSSR count). The second-order valence-corrected chi connectivity index (χ2v) is 10.2. The molecule has 3 aromatic rings. The first-order valence-corrected chi connectivity index (χ1v) is 13.0. The van der Waals surface area contributed by atoms with Crippen LogP contribution >= 0.6 is 11.6 Å². The van der Waals surface area contributed by atoms with Gasteiger partial charge in [-0.15, -0.1) is 0 Å². The van der Waals surface area contributed by atoms with Crippen LogP contribution in [0.3, 0.4) is 0 Å². The number of ketones is 1. The van der Waals surface area contributed by atoms with Crippen molar-refractivity contribution in [2.24, 2.45) is 5.73 Å². The summed E-state index contributed by atoms with van der Waals surface area (Å²) in [6, 6.07) is 16.2. The number of nitrogens with two attached hydrogens (primary N) is 1. The number of aryl methyl sites for hydroxylation is 2. The average Bonchev–Trinajstić information content (AvgIpc) is 2.89. The number of para-hydroxylation sites is 1. The Hall–Kier alpha value is -4.15. The molecule has 0 spiro atoms. The maximum Gasteiger partial charge on any atom is 0.161 e. The standard InChI is InChI=1S/C31H26ClF2N3O2/c1-17-12-18(2)21(13-19(17)16-39-28-11-10-20(33)14-23(28)32)29-22(15-35)31(36)37(25-7-4-3-6-24(25)34)26-8-5-9-27(38)30(26)29/h3-4,6-7,10-14,29H,5,8-9,16,36H2,1-2H3. The highest BCUT2D eigenvalue weighted by molar-refractivity contribution is 6.32. The van der Waals surface area contributed by atoms with Gasteiger partial charge in [0.2, 0.25) is 0 Å². The van der Waals surface area contributed by atoms with Crippen molar-refractivity contribution in [3.63, 3.8) is 0 Å². The van der Waals surface area contributed by atoms with Crippen molar-refractivity contribution < 1.29 is 18.3 Å². The van der Waals surface area contributed by atoms with E-state index >= 15 is 0 Å². The Morgan fingerprint density at radius 1 is 1.10 bits per heavy atom. The minimum Gasteiger partial charge on any atom is -0.487 e. The zero-order valence-corrected chi connectivity index (χ0v) is 22.3. The molecule has 1 aliphatic carbocycles. The van der Waals surface area contributed by atoms with E-state index in [-0.39, 0.29) is 34.5 Å². The van der Waals surface area contributed by atoms with Gasteiger partial charge in [0, 0.05) is 17.7 Å². The minimum atomic E-state index is -0.699. The molecule has 0 bridgehead atoms. The van der Waals surface area contributed by atoms with Crippen molar-refractivity contribution in [2.75, 3.05) is 4.90 Å². The average molecular weight is 546 g/mol. The normalized spacial score (nSPS) is 17.3. The van der Waals surface area contributed by atoms with Crippen LogP contribution < -0.4 is 15.4 Å². The highest BCUT2D eigenvalue weighted by Gasteiger charge is 2.41. The number of Topliss-reactive ketones (excluding diaryl/α,β-unsaturated/α-hetero) is 1. The van der Waals surface area contributed by atoms with Gasteiger partial charge < -0.3 is 10.5 Å². The van der Waals surface area contributed by atoms with E-state index in [0.29, 0.717) is 36.3 Å². The predicted molar refractivity (Wildman–Crippen MR) is 146 cm³/mol. The molecule has 8 heteroatoms. The Bertz CT molecular complexity index is 1610. The van der Waals surface area contributed by atoms with Crippen molar-refractivity contribution in [2.45, 2.75) is 45.6 Å². The number of halogens is 3. The number of carbonyl (C=O) groups excluding carboxylic acids is 1. The van der Waals surface area contributed by atoms with Gasteiger partial charge in [0.25, 0.3) is 0 Å². The van der Waals surface area contributed by atoms with Crippen LogP contribution in [0.1, 0.15) is 47.4 Å². The summed E-state index contributed by atoms with van der Waals surface area (Å²) in [5, 5.41) is 10.5. The van der Waals surface area contributed by atoms with E-state index in [0.717, 1.165) is 22.3 Å². The van der Waals surface area contributed by atoms with Crippen molar-refractivity contribution in [3.8, 4) is 11.8 Å². The molecule has 0 amide bonds. The molecule has 0 saturated carbocycles. The van der Waals surface area contributed by atoms with Gasteiger partial charge in [0.1, 0.15) is 29.8 Å². The first-order chi connectivity index (χ1) is 18.7. The SMILES string of the molecule is Cc1cc(C)c(C2C(C#N)=C(N)N(c3ccccc3F)C3=C2C(=O)CCC3)cc1COc1ccc(F)cc1Cl. The van der Waals surface area contributed by atoms with E-state index in [9.17, 15) is 18.8 Å². The lowest BCUT2D eigenvalue weighted by molar-refractivity contribution is -0.116. The summed E-state index contributed by atoms with van der Waals surface area (Å²) in [6.45, 7) is 4.00. The topological polar surface area (TPSA) is 79.4 Å². The molecule has 0 fully saturated rings. The lowest BCUT2D eigenvalue weighted by Gasteiger charge is -2.40. The van der Waals surface area contributed by atoms with E-state index in [4.69, 9.17) is 22.1 Å². The molecule has 2 N–H and O–H groups in total. The van der Waals surface area contributed by atoms with Gasteiger partial charge in [-0.2, -0.15) is 5.26 Å². The number of anilines is 1. The summed E-state index contributed by atoms with van der Waals surface area (Å²) in [6.07, 6.45) is 1.47. The molecule has 2 aliphatic rings. The first kappa shape index (κ1) is 26.5. The van der Waals surface area contributed by atoms with E-state index in [2.05, 4.69) is 6.07 Å². The van der Waals surface area contributed by atoms with Crippen LogP contribution in [0, 0.1) is 36.8 Å². The third-order valence-corrected chi connectivity index (χ3v) is 7.61. The van der Waals surface area contributed by atoms with Gasteiger partial charge in [0.05, 0.1) is 28.3 Å². The zero-order chi connectivity index (χ0) is 27.8. The van der Waals surface area contributed by atoms with Gasteiger partial charge in [-0.05, 0) is 79.3 Å². The Balaban J connectivity index is 1.63. The number of hydrogen-bond donors (Lipinski definition) is 1. The fraction of sp³-hybridized carbons (Fsp3) is 0.226. The molecule has 1 unspecified atom stereocenters. The van der Waals surface area contributed by atoms with E-state index in [1.54, 1.807) is 18.2 Å². The molecule has 198 valence electrons. The third kappa shape index (κ3) is 4.77. The molecule has 1 heterocycles. The molecular formula is C31H26ClF2N3O2. The van der Waals surface area contributed by atoms with Crippen molar-refractivity contribution in [1.29, 1.82) is 5.26 Å². The number of allylic oxidation sites excluding steroid dienone is 3. The van der Waals surface area contributed by atoms with Crippen LogP contribution in [-0.4, -0.2) is 5.78 Å². The molecule has 1 aliphatic heterocycles. The lowest BCUT2D eigenvalue weighted by atomic mass is 9.74. The third-order valence-electron chi connectivity index (χ3n) is 7.32. The molecule has 39 heavy (non-hydrogen) atoms. The van der Waals surface area contributed by atoms with Crippen LogP contribution in [0.2, 0.25) is 5.02 Å². The number of benzene rings is 3. The van der Waals surface area contributed by atoms with E-state index in [1.807, 2.05) is 26.0 Å². The van der Waals surface area contributed by atoms with Crippen LogP contribution in [0.25, 0.3) is 0 Å². The Labute approximate surface area is 230 Å². The minimum absolute atomic E-state index is 0.0845. The molecule has 0 aromatic heterocycles. The number of carbonyl (C=O) groups is 1. The molecular weight excluding hydrogens is 520 g/mol. The fourth-order valence-corrected chi connectivity index (χ4v) is 5.66. The molecule has 3 aromatic carbocycles. The summed E-state index contributed by atoms with van der Waals surface area (Å²) in [5.74, 6) is -1.29.